The summed E-state index contributed by atoms with van der Waals surface area (Å²) in [5.41, 5.74) is 7.53. The zero-order valence-electron chi connectivity index (χ0n) is 49.1. The third-order valence-corrected chi connectivity index (χ3v) is 15.5. The van der Waals surface area contributed by atoms with E-state index >= 15 is 0 Å². The van der Waals surface area contributed by atoms with Gasteiger partial charge in [-0.05, 0) is 163 Å². The molecule has 3 unspecified atom stereocenters. The lowest BCUT2D eigenvalue weighted by Gasteiger charge is -2.40. The molecule has 0 saturated carbocycles. The SMILES string of the molecule is CC(C)CC(c1cccc2cc3ccccc3cc12)C(C)C.CC(C)CC(c1cccc2ccccc12)C(C)C.CC(C)CC(c1ccccc1)(c1ccccc1)C(C)C.CC(C)CC(c1ccccc1)C(C)C. The molecule has 0 saturated heterocycles. The van der Waals surface area contributed by atoms with Crippen LogP contribution in [0, 0.1) is 47.3 Å². The first-order chi connectivity index (χ1) is 35.3. The second-order valence-electron chi connectivity index (χ2n) is 24.6. The van der Waals surface area contributed by atoms with Crippen LogP contribution < -0.4 is 0 Å². The van der Waals surface area contributed by atoms with Crippen LogP contribution in [-0.2, 0) is 5.41 Å². The molecule has 8 aromatic rings. The summed E-state index contributed by atoms with van der Waals surface area (Å²) in [6.07, 6.45) is 5.00. The van der Waals surface area contributed by atoms with Gasteiger partial charge in [0.05, 0.1) is 0 Å². The van der Waals surface area contributed by atoms with Crippen LogP contribution in [0.15, 0.2) is 188 Å². The molecule has 3 atom stereocenters. The van der Waals surface area contributed by atoms with Gasteiger partial charge < -0.3 is 0 Å². The lowest BCUT2D eigenvalue weighted by atomic mass is 9.63. The van der Waals surface area contributed by atoms with Crippen LogP contribution in [0.3, 0.4) is 0 Å². The summed E-state index contributed by atoms with van der Waals surface area (Å²) in [4.78, 5) is 0. The van der Waals surface area contributed by atoms with Gasteiger partial charge in [-0.2, -0.15) is 0 Å². The molecule has 8 rings (SSSR count). The van der Waals surface area contributed by atoms with Crippen molar-refractivity contribution in [1.82, 2.24) is 0 Å². The van der Waals surface area contributed by atoms with E-state index in [1.54, 1.807) is 0 Å². The van der Waals surface area contributed by atoms with Crippen LogP contribution in [0.4, 0.5) is 0 Å². The van der Waals surface area contributed by atoms with E-state index in [-0.39, 0.29) is 5.41 Å². The van der Waals surface area contributed by atoms with Crippen molar-refractivity contribution in [3.63, 3.8) is 0 Å². The highest BCUT2D eigenvalue weighted by atomic mass is 14.4. The summed E-state index contributed by atoms with van der Waals surface area (Å²) in [6, 6.07) is 68.6. The van der Waals surface area contributed by atoms with Gasteiger partial charge in [0.25, 0.3) is 0 Å². The lowest BCUT2D eigenvalue weighted by molar-refractivity contribution is 0.303. The summed E-state index contributed by atoms with van der Waals surface area (Å²) >= 11 is 0. The van der Waals surface area contributed by atoms with Crippen molar-refractivity contribution >= 4 is 32.3 Å². The predicted molar refractivity (Wildman–Crippen MR) is 331 cm³/mol. The van der Waals surface area contributed by atoms with Gasteiger partial charge in [-0.15, -0.1) is 0 Å². The van der Waals surface area contributed by atoms with Gasteiger partial charge in [0, 0.05) is 5.41 Å². The van der Waals surface area contributed by atoms with Crippen molar-refractivity contribution in [2.45, 2.75) is 160 Å². The monoisotopic (exact) mass is 987 g/mol. The molecule has 394 valence electrons. The van der Waals surface area contributed by atoms with Crippen molar-refractivity contribution in [3.8, 4) is 0 Å². The Labute approximate surface area is 452 Å². The summed E-state index contributed by atoms with van der Waals surface area (Å²) in [5.74, 6) is 7.59. The first-order valence-corrected chi connectivity index (χ1v) is 28.9. The second kappa shape index (κ2) is 29.0. The van der Waals surface area contributed by atoms with Gasteiger partial charge in [0.2, 0.25) is 0 Å². The van der Waals surface area contributed by atoms with Crippen molar-refractivity contribution in [1.29, 1.82) is 0 Å². The highest BCUT2D eigenvalue weighted by Gasteiger charge is 2.38. The molecule has 8 aromatic carbocycles. The van der Waals surface area contributed by atoms with Crippen LogP contribution in [0.2, 0.25) is 0 Å². The average molecular weight is 988 g/mol. The molecule has 0 aliphatic heterocycles. The molecule has 0 heteroatoms. The van der Waals surface area contributed by atoms with Gasteiger partial charge >= 0.3 is 0 Å². The fourth-order valence-corrected chi connectivity index (χ4v) is 11.8. The smallest absolute Gasteiger partial charge is 0.0228 e. The Morgan fingerprint density at radius 1 is 0.297 bits per heavy atom. The molecule has 0 aliphatic carbocycles. The third kappa shape index (κ3) is 16.5. The molecule has 0 nitrogen and oxygen atoms in total. The molecule has 74 heavy (non-hydrogen) atoms. The minimum absolute atomic E-state index is 0.108. The van der Waals surface area contributed by atoms with E-state index in [4.69, 9.17) is 0 Å². The standard InChI is InChI=1S/C22H26.C20H26.C18H24.C14H22/c1-15(2)12-21(16(3)4)20-11-7-10-19-13-17-8-5-6-9-18(17)14-22(19)20;1-16(2)15-20(17(3)4,18-11-7-5-8-12-18)19-13-9-6-10-14-19;1-13(2)12-18(14(3)4)17-11-7-9-15-8-5-6-10-16(15)17;1-11(2)10-14(12(3)4)13-8-6-5-7-9-13/h5-11,13-16,21H,12H2,1-4H3;5-14,16-17H,15H2,1-4H3;5-11,13-14,18H,12H2,1-4H3;5-9,11-12,14H,10H2,1-4H3. The number of benzene rings is 8. The Balaban J connectivity index is 0.000000185. The largest absolute Gasteiger partial charge is 0.0628 e. The van der Waals surface area contributed by atoms with E-state index in [9.17, 15) is 0 Å². The van der Waals surface area contributed by atoms with E-state index in [0.29, 0.717) is 35.5 Å². The summed E-state index contributed by atoms with van der Waals surface area (Å²) in [6.45, 7) is 37.3. The van der Waals surface area contributed by atoms with E-state index in [1.165, 1.54) is 85.8 Å². The van der Waals surface area contributed by atoms with Gasteiger partial charge in [-0.1, -0.05) is 287 Å². The second-order valence-corrected chi connectivity index (χ2v) is 24.6. The number of rotatable bonds is 17. The number of fused-ring (bicyclic) bond motifs is 3. The topological polar surface area (TPSA) is 0 Å². The normalized spacial score (nSPS) is 13.1. The molecular formula is C74H98. The first-order valence-electron chi connectivity index (χ1n) is 28.9. The molecule has 0 aromatic heterocycles. The van der Waals surface area contributed by atoms with Gasteiger partial charge in [-0.25, -0.2) is 0 Å². The molecule has 0 amide bonds. The van der Waals surface area contributed by atoms with E-state index in [0.717, 1.165) is 29.6 Å². The zero-order valence-corrected chi connectivity index (χ0v) is 49.1. The molecule has 0 bridgehead atoms. The minimum Gasteiger partial charge on any atom is -0.0628 e. The zero-order chi connectivity index (χ0) is 54.0. The highest BCUT2D eigenvalue weighted by molar-refractivity contribution is 5.99. The Morgan fingerprint density at radius 2 is 0.662 bits per heavy atom. The molecule has 0 N–H and O–H groups in total. The first kappa shape index (κ1) is 59.4. The minimum atomic E-state index is 0.108. The number of hydrogen-bond acceptors (Lipinski definition) is 0. The summed E-state index contributed by atoms with van der Waals surface area (Å²) < 4.78 is 0. The van der Waals surface area contributed by atoms with Crippen LogP contribution in [0.25, 0.3) is 32.3 Å². The van der Waals surface area contributed by atoms with Crippen molar-refractivity contribution in [2.75, 3.05) is 0 Å². The predicted octanol–water partition coefficient (Wildman–Crippen LogP) is 22.6. The van der Waals surface area contributed by atoms with Crippen molar-refractivity contribution in [3.05, 3.63) is 216 Å². The maximum atomic E-state index is 2.38. The molecule has 0 spiro atoms. The fraction of sp³-hybridized carbons (Fsp3) is 0.432. The van der Waals surface area contributed by atoms with E-state index in [2.05, 4.69) is 299 Å². The van der Waals surface area contributed by atoms with Crippen molar-refractivity contribution in [2.24, 2.45) is 47.3 Å². The van der Waals surface area contributed by atoms with E-state index < -0.39 is 0 Å². The van der Waals surface area contributed by atoms with E-state index in [1.807, 2.05) is 0 Å². The Morgan fingerprint density at radius 3 is 1.09 bits per heavy atom. The van der Waals surface area contributed by atoms with Gasteiger partial charge in [0.1, 0.15) is 0 Å². The fourth-order valence-electron chi connectivity index (χ4n) is 11.8. The molecule has 0 radical (unpaired) electrons. The Hall–Kier alpha value is -5.46. The van der Waals surface area contributed by atoms with Crippen molar-refractivity contribution < 1.29 is 0 Å². The maximum absolute atomic E-state index is 2.38. The lowest BCUT2D eigenvalue weighted by Crippen LogP contribution is -2.35. The molecular weight excluding hydrogens is 889 g/mol. The van der Waals surface area contributed by atoms with Crippen LogP contribution in [0.1, 0.15) is 182 Å². The molecule has 0 fully saturated rings. The highest BCUT2D eigenvalue weighted by Crippen LogP contribution is 2.44. The number of hydrogen-bond donors (Lipinski definition) is 0. The van der Waals surface area contributed by atoms with Crippen LogP contribution in [0.5, 0.6) is 0 Å². The Kier molecular flexibility index (Phi) is 23.3. The van der Waals surface area contributed by atoms with Gasteiger partial charge in [0.15, 0.2) is 0 Å². The maximum Gasteiger partial charge on any atom is 0.0228 e. The van der Waals surface area contributed by atoms with Crippen LogP contribution >= 0.6 is 0 Å². The summed E-state index contributed by atoms with van der Waals surface area (Å²) in [7, 11) is 0. The summed E-state index contributed by atoms with van der Waals surface area (Å²) in [5, 5.41) is 8.27. The molecule has 0 aliphatic rings. The molecule has 0 heterocycles. The Bertz CT molecular complexity index is 2760. The van der Waals surface area contributed by atoms with Gasteiger partial charge in [-0.3, -0.25) is 0 Å². The quantitative estimate of drug-likeness (QED) is 0.0798. The average Bonchev–Trinajstić information content (AvgIpc) is 3.38. The van der Waals surface area contributed by atoms with Crippen LogP contribution in [-0.4, -0.2) is 0 Å². The third-order valence-electron chi connectivity index (χ3n) is 15.5.